The van der Waals surface area contributed by atoms with Crippen LogP contribution in [0.5, 0.6) is 0 Å². The number of carboxylic acid groups (broad SMARTS) is 2. The fourth-order valence-corrected chi connectivity index (χ4v) is 15.9. The van der Waals surface area contributed by atoms with Gasteiger partial charge in [-0.25, -0.2) is 39.7 Å². The summed E-state index contributed by atoms with van der Waals surface area (Å²) in [4.78, 5) is 144. The average Bonchev–Trinajstić information content (AvgIpc) is 1.75. The topological polar surface area (TPSA) is 357 Å². The molecule has 4 atom stereocenters. The summed E-state index contributed by atoms with van der Waals surface area (Å²) in [5.74, 6) is -5.66. The second-order valence-electron chi connectivity index (χ2n) is 21.8. The van der Waals surface area contributed by atoms with Crippen LogP contribution in [0.15, 0.2) is 64.0 Å². The van der Waals surface area contributed by atoms with Gasteiger partial charge in [0.15, 0.2) is 5.78 Å². The zero-order valence-corrected chi connectivity index (χ0v) is 54.5. The smallest absolute Gasteiger partial charge is 0.415 e. The van der Waals surface area contributed by atoms with Crippen molar-refractivity contribution in [3.63, 3.8) is 0 Å². The van der Waals surface area contributed by atoms with E-state index >= 15 is 0 Å². The van der Waals surface area contributed by atoms with Crippen molar-refractivity contribution in [3.8, 4) is 43.4 Å². The first-order valence-corrected chi connectivity index (χ1v) is 34.0. The maximum absolute atomic E-state index is 14.4. The van der Waals surface area contributed by atoms with Crippen LogP contribution >= 0.6 is 68.0 Å². The highest BCUT2D eigenvalue weighted by molar-refractivity contribution is 7.15. The standard InChI is InChI=1S/C60H62N12O13S6/c1-28(2)34-20-40(73)46-29(3)90-57(70-46)36(21-43(74)61-4)64-51(79)38-25-86-53(66-38)33-17-18-35(55-68-42(27-89-55)72(19-9-12-45(76)77)60(83)85-32-15-13-31(14-16-32)59(81)82)63-47(33)37-24-87-56(65-37)39-26-88-58(67-39)49(50(78)30-10-7-6-8-11-30)69-44(75)22-62-52(80)48-41(23-84-5)91-54(34)71-48/h6-8,10-11,17-18,24-28,31-32,34,36,49-50,78H,9,12-16,19-23H2,1-5H3,(H,61,74)(H,62,80)(H,64,79)(H,69,75)(H,76,77)(H,81,82)/t31?,32?,34-,36-,49-,50-/m0/s1. The molecule has 8 aromatic rings. The van der Waals surface area contributed by atoms with Gasteiger partial charge in [0.05, 0.1) is 47.1 Å². The molecule has 0 saturated heterocycles. The lowest BCUT2D eigenvalue weighted by molar-refractivity contribution is -0.143. The Labute approximate surface area is 544 Å². The zero-order valence-electron chi connectivity index (χ0n) is 49.6. The first-order valence-electron chi connectivity index (χ1n) is 28.8. The Balaban J connectivity index is 1.04. The van der Waals surface area contributed by atoms with E-state index < -0.39 is 84.3 Å². The number of aromatic nitrogens is 7. The van der Waals surface area contributed by atoms with Crippen molar-refractivity contribution in [3.05, 3.63) is 111 Å². The van der Waals surface area contributed by atoms with Crippen molar-refractivity contribution in [1.82, 2.24) is 56.2 Å². The molecule has 5 amide bonds. The van der Waals surface area contributed by atoms with Crippen LogP contribution in [0.4, 0.5) is 10.6 Å². The van der Waals surface area contributed by atoms with Crippen LogP contribution in [0.25, 0.3) is 43.4 Å². The third-order valence-corrected chi connectivity index (χ3v) is 20.9. The molecule has 1 aliphatic heterocycles. The molecule has 10 rings (SSSR count). The van der Waals surface area contributed by atoms with Gasteiger partial charge in [-0.15, -0.1) is 68.0 Å². The third-order valence-electron chi connectivity index (χ3n) is 15.2. The van der Waals surface area contributed by atoms with Gasteiger partial charge in [0.1, 0.15) is 83.3 Å². The molecule has 91 heavy (non-hydrogen) atoms. The van der Waals surface area contributed by atoms with Crippen LogP contribution in [0.1, 0.15) is 151 Å². The summed E-state index contributed by atoms with van der Waals surface area (Å²) in [5.41, 5.74) is 2.49. The van der Waals surface area contributed by atoms with E-state index in [0.717, 1.165) is 34.0 Å². The quantitative estimate of drug-likeness (QED) is 0.0502. The monoisotopic (exact) mass is 1350 g/mol. The minimum Gasteiger partial charge on any atom is -0.481 e. The molecule has 8 heterocycles. The molecule has 1 aliphatic carbocycles. The minimum atomic E-state index is -1.30. The van der Waals surface area contributed by atoms with Crippen molar-refractivity contribution in [1.29, 1.82) is 0 Å². The summed E-state index contributed by atoms with van der Waals surface area (Å²) < 4.78 is 11.3. The molecule has 31 heteroatoms. The number of nitrogens with one attached hydrogen (secondary N) is 4. The van der Waals surface area contributed by atoms with Gasteiger partial charge in [-0.05, 0) is 62.6 Å². The maximum Gasteiger partial charge on any atom is 0.415 e. The summed E-state index contributed by atoms with van der Waals surface area (Å²) in [7, 11) is 2.94. The molecule has 0 spiro atoms. The highest BCUT2D eigenvalue weighted by Gasteiger charge is 2.35. The molecule has 0 unspecified atom stereocenters. The SMILES string of the molecule is CNC(=O)C[C@@H]1NC(=O)c2csc(n2)-c2ccc(-c3nc(N(CCCC(=O)O)C(=O)OC4CCC(C(=O)O)CC4)cs3)nc2-c2csc(n2)-c2csc(n2)[C@H]([C@@H](O)c2ccccc2)NC(=O)CNC(=O)c2nc(sc2COC)[C@H](C(C)C)CC(=O)c2nc1sc2C. The summed E-state index contributed by atoms with van der Waals surface area (Å²) in [6.07, 6.45) is -1.69. The van der Waals surface area contributed by atoms with Crippen molar-refractivity contribution in [2.45, 2.75) is 109 Å². The number of pyridine rings is 1. The maximum atomic E-state index is 14.4. The van der Waals surface area contributed by atoms with Crippen LogP contribution in [0.2, 0.25) is 0 Å². The molecule has 1 saturated carbocycles. The van der Waals surface area contributed by atoms with E-state index in [2.05, 4.69) is 21.3 Å². The summed E-state index contributed by atoms with van der Waals surface area (Å²) in [5, 5.41) is 51.0. The Morgan fingerprint density at radius 2 is 1.44 bits per heavy atom. The van der Waals surface area contributed by atoms with E-state index in [1.165, 1.54) is 53.1 Å². The number of aliphatic hydroxyl groups excluding tert-OH is 1. The van der Waals surface area contributed by atoms with Crippen LogP contribution in [0, 0.1) is 18.8 Å². The Bertz CT molecular complexity index is 4000. The number of aliphatic hydroxyl groups is 1. The highest BCUT2D eigenvalue weighted by atomic mass is 32.1. The number of hydrogen-bond acceptors (Lipinski definition) is 24. The number of hydrogen-bond donors (Lipinski definition) is 7. The largest absolute Gasteiger partial charge is 0.481 e. The Morgan fingerprint density at radius 3 is 2.16 bits per heavy atom. The number of methoxy groups -OCH3 is 1. The predicted molar refractivity (Wildman–Crippen MR) is 342 cm³/mol. The third kappa shape index (κ3) is 15.6. The number of aliphatic carboxylic acids is 2. The molecule has 1 aromatic carbocycles. The first kappa shape index (κ1) is 65.8. The molecule has 2 aliphatic rings. The van der Waals surface area contributed by atoms with E-state index in [1.54, 1.807) is 70.9 Å². The number of carboxylic acids is 2. The molecular weight excluding hydrogens is 1290 g/mol. The van der Waals surface area contributed by atoms with Gasteiger partial charge in [-0.2, -0.15) is 0 Å². The number of amides is 5. The first-order chi connectivity index (χ1) is 43.7. The summed E-state index contributed by atoms with van der Waals surface area (Å²) in [6, 6.07) is 10.0. The molecule has 10 bridgehead atoms. The number of benzene rings is 1. The normalized spacial score (nSPS) is 18.6. The number of nitrogens with zero attached hydrogens (tertiary/aromatic N) is 8. The molecule has 476 valence electrons. The number of anilines is 1. The summed E-state index contributed by atoms with van der Waals surface area (Å²) >= 11 is 7.08. The number of thiazole rings is 6. The highest BCUT2D eigenvalue weighted by Crippen LogP contribution is 2.41. The second kappa shape index (κ2) is 29.4. The van der Waals surface area contributed by atoms with E-state index in [0.29, 0.717) is 99.4 Å². The molecule has 1 fully saturated rings. The number of aryl methyl sites for hydroxylation is 1. The van der Waals surface area contributed by atoms with Crippen LogP contribution in [-0.4, -0.2) is 131 Å². The molecular formula is C60H62N12O13S6. The molecule has 7 aromatic heterocycles. The number of rotatable bonds is 15. The van der Waals surface area contributed by atoms with Gasteiger partial charge < -0.3 is 46.1 Å². The van der Waals surface area contributed by atoms with E-state index in [9.17, 15) is 53.7 Å². The van der Waals surface area contributed by atoms with Crippen LogP contribution < -0.4 is 26.2 Å². The lowest BCUT2D eigenvalue weighted by Gasteiger charge is -2.28. The fraction of sp³-hybridized carbons (Fsp3) is 0.383. The van der Waals surface area contributed by atoms with E-state index in [1.807, 2.05) is 13.8 Å². The second-order valence-corrected chi connectivity index (χ2v) is 27.6. The van der Waals surface area contributed by atoms with Crippen LogP contribution in [-0.2, 0) is 35.3 Å². The molecule has 0 radical (unpaired) electrons. The number of Topliss-reactive ketones (excluding diaryl/α,β-unsaturated/α-hetero) is 1. The van der Waals surface area contributed by atoms with Gasteiger partial charge >= 0.3 is 18.0 Å². The van der Waals surface area contributed by atoms with Crippen LogP contribution in [0.3, 0.4) is 0 Å². The van der Waals surface area contributed by atoms with Gasteiger partial charge in [0.2, 0.25) is 11.8 Å². The van der Waals surface area contributed by atoms with E-state index in [4.69, 9.17) is 44.4 Å². The zero-order chi connectivity index (χ0) is 64.6. The summed E-state index contributed by atoms with van der Waals surface area (Å²) in [6.45, 7) is 5.04. The Hall–Kier alpha value is -8.17. The van der Waals surface area contributed by atoms with Gasteiger partial charge in [-0.1, -0.05) is 44.2 Å². The number of ketones is 1. The number of carbonyl (C=O) groups excluding carboxylic acids is 6. The number of fused-ring (bicyclic) bond motifs is 14. The average molecular weight is 1350 g/mol. The van der Waals surface area contributed by atoms with Gasteiger partial charge in [0, 0.05) is 71.4 Å². The Morgan fingerprint density at radius 1 is 0.736 bits per heavy atom. The lowest BCUT2D eigenvalue weighted by atomic mass is 9.87. The lowest BCUT2D eigenvalue weighted by Crippen LogP contribution is -2.40. The minimum absolute atomic E-state index is 0.00254. The van der Waals surface area contributed by atoms with E-state index in [-0.39, 0.29) is 73.4 Å². The molecule has 7 N–H and O–H groups in total. The molecule has 25 nitrogen and oxygen atoms in total. The Kier molecular flexibility index (Phi) is 21.3. The number of ether oxygens (including phenoxy) is 2. The van der Waals surface area contributed by atoms with Crippen molar-refractivity contribution in [2.75, 3.05) is 32.1 Å². The van der Waals surface area contributed by atoms with Gasteiger partial charge in [-0.3, -0.25) is 38.5 Å². The van der Waals surface area contributed by atoms with Crippen molar-refractivity contribution >= 4 is 121 Å². The van der Waals surface area contributed by atoms with Gasteiger partial charge in [0.25, 0.3) is 11.8 Å². The predicted octanol–water partition coefficient (Wildman–Crippen LogP) is 9.65. The van der Waals surface area contributed by atoms with Crippen molar-refractivity contribution < 1.29 is 63.1 Å². The fourth-order valence-electron chi connectivity index (χ4n) is 10.3. The number of carbonyl (C=O) groups is 8. The van der Waals surface area contributed by atoms with Crippen molar-refractivity contribution in [2.24, 2.45) is 11.8 Å².